The molecule has 3 aromatic rings. The van der Waals surface area contributed by atoms with Crippen molar-refractivity contribution in [3.63, 3.8) is 0 Å². The molecule has 0 saturated heterocycles. The number of rotatable bonds is 5. The average molecular weight is 389 g/mol. The molecular formula is C24H27N3O2. The van der Waals surface area contributed by atoms with Crippen molar-refractivity contribution in [1.29, 1.82) is 0 Å². The van der Waals surface area contributed by atoms with Crippen LogP contribution in [0.25, 0.3) is 10.9 Å². The maximum Gasteiger partial charge on any atom is 0.252 e. The number of carbonyl (C=O) groups is 1. The first-order chi connectivity index (χ1) is 14.1. The van der Waals surface area contributed by atoms with E-state index in [1.165, 1.54) is 12.8 Å². The Kier molecular flexibility index (Phi) is 5.65. The number of pyridine rings is 1. The van der Waals surface area contributed by atoms with Crippen molar-refractivity contribution < 1.29 is 9.53 Å². The first-order valence-electron chi connectivity index (χ1n) is 10.2. The predicted octanol–water partition coefficient (Wildman–Crippen LogP) is 5.30. The Morgan fingerprint density at radius 2 is 1.76 bits per heavy atom. The lowest BCUT2D eigenvalue weighted by Crippen LogP contribution is -2.37. The standard InChI is InChI=1S/C24H27N3O2/c1-16-7-9-18(10-8-16)26-24(28)21-15-23(27-22-6-4-3-5-20(21)22)25-17-11-13-19(29-2)14-12-17/h3-6,11-16,18H,7-10H2,1-2H3,(H,25,27)(H,26,28). The number of hydrogen-bond donors (Lipinski definition) is 2. The Bertz CT molecular complexity index is 993. The van der Waals surface area contributed by atoms with Gasteiger partial charge in [0, 0.05) is 17.1 Å². The molecule has 1 aliphatic carbocycles. The van der Waals surface area contributed by atoms with Crippen molar-refractivity contribution in [2.75, 3.05) is 12.4 Å². The monoisotopic (exact) mass is 389 g/mol. The molecule has 1 aliphatic rings. The van der Waals surface area contributed by atoms with Crippen molar-refractivity contribution in [2.45, 2.75) is 38.6 Å². The van der Waals surface area contributed by atoms with Gasteiger partial charge < -0.3 is 15.4 Å². The summed E-state index contributed by atoms with van der Waals surface area (Å²) in [5.74, 6) is 2.17. The minimum atomic E-state index is -0.0269. The van der Waals surface area contributed by atoms with Crippen molar-refractivity contribution in [3.8, 4) is 5.75 Å². The van der Waals surface area contributed by atoms with E-state index in [1.54, 1.807) is 7.11 Å². The van der Waals surface area contributed by atoms with Crippen LogP contribution >= 0.6 is 0 Å². The topological polar surface area (TPSA) is 63.2 Å². The van der Waals surface area contributed by atoms with Crippen LogP contribution in [0.4, 0.5) is 11.5 Å². The molecule has 1 amide bonds. The Morgan fingerprint density at radius 3 is 2.48 bits per heavy atom. The second-order valence-corrected chi connectivity index (χ2v) is 7.86. The van der Waals surface area contributed by atoms with E-state index in [2.05, 4.69) is 17.6 Å². The first kappa shape index (κ1) is 19.2. The summed E-state index contributed by atoms with van der Waals surface area (Å²) in [6.07, 6.45) is 4.44. The second kappa shape index (κ2) is 8.52. The number of aromatic nitrogens is 1. The highest BCUT2D eigenvalue weighted by Crippen LogP contribution is 2.26. The number of hydrogen-bond acceptors (Lipinski definition) is 4. The average Bonchev–Trinajstić information content (AvgIpc) is 2.75. The van der Waals surface area contributed by atoms with Gasteiger partial charge in [-0.3, -0.25) is 4.79 Å². The van der Waals surface area contributed by atoms with Crippen molar-refractivity contribution >= 4 is 28.3 Å². The molecule has 0 aliphatic heterocycles. The highest BCUT2D eigenvalue weighted by Gasteiger charge is 2.21. The number of para-hydroxylation sites is 1. The summed E-state index contributed by atoms with van der Waals surface area (Å²) in [4.78, 5) is 17.8. The van der Waals surface area contributed by atoms with Crippen LogP contribution in [0.1, 0.15) is 43.0 Å². The molecular weight excluding hydrogens is 362 g/mol. The third kappa shape index (κ3) is 4.50. The number of amides is 1. The highest BCUT2D eigenvalue weighted by atomic mass is 16.5. The lowest BCUT2D eigenvalue weighted by atomic mass is 9.87. The number of fused-ring (bicyclic) bond motifs is 1. The Balaban J connectivity index is 1.60. The fourth-order valence-electron chi connectivity index (χ4n) is 3.92. The number of methoxy groups -OCH3 is 1. The zero-order valence-electron chi connectivity index (χ0n) is 16.9. The minimum Gasteiger partial charge on any atom is -0.497 e. The maximum atomic E-state index is 13.1. The van der Waals surface area contributed by atoms with E-state index < -0.39 is 0 Å². The third-order valence-electron chi connectivity index (χ3n) is 5.67. The van der Waals surface area contributed by atoms with E-state index in [-0.39, 0.29) is 11.9 Å². The number of anilines is 2. The molecule has 0 atom stereocenters. The molecule has 29 heavy (non-hydrogen) atoms. The summed E-state index contributed by atoms with van der Waals surface area (Å²) >= 11 is 0. The molecule has 150 valence electrons. The summed E-state index contributed by atoms with van der Waals surface area (Å²) in [5.41, 5.74) is 2.35. The van der Waals surface area contributed by atoms with Crippen molar-refractivity contribution in [1.82, 2.24) is 10.3 Å². The second-order valence-electron chi connectivity index (χ2n) is 7.86. The van der Waals surface area contributed by atoms with Crippen LogP contribution in [0.2, 0.25) is 0 Å². The number of nitrogens with one attached hydrogen (secondary N) is 2. The molecule has 1 saturated carbocycles. The van der Waals surface area contributed by atoms with Gasteiger partial charge in [0.2, 0.25) is 0 Å². The van der Waals surface area contributed by atoms with Gasteiger partial charge in [0.05, 0.1) is 18.2 Å². The minimum absolute atomic E-state index is 0.0269. The van der Waals surface area contributed by atoms with Gasteiger partial charge in [-0.2, -0.15) is 0 Å². The normalized spacial score (nSPS) is 19.0. The Labute approximate surface area is 171 Å². The zero-order chi connectivity index (χ0) is 20.2. The van der Waals surface area contributed by atoms with Gasteiger partial charge in [0.1, 0.15) is 11.6 Å². The number of benzene rings is 2. The van der Waals surface area contributed by atoms with Gasteiger partial charge in [0.25, 0.3) is 5.91 Å². The van der Waals surface area contributed by atoms with E-state index in [4.69, 9.17) is 9.72 Å². The fraction of sp³-hybridized carbons (Fsp3) is 0.333. The van der Waals surface area contributed by atoms with Gasteiger partial charge >= 0.3 is 0 Å². The maximum absolute atomic E-state index is 13.1. The molecule has 5 nitrogen and oxygen atoms in total. The predicted molar refractivity (Wildman–Crippen MR) is 117 cm³/mol. The lowest BCUT2D eigenvalue weighted by molar-refractivity contribution is 0.0924. The Morgan fingerprint density at radius 1 is 1.03 bits per heavy atom. The van der Waals surface area contributed by atoms with Gasteiger partial charge in [-0.15, -0.1) is 0 Å². The summed E-state index contributed by atoms with van der Waals surface area (Å²) in [6, 6.07) is 17.5. The molecule has 0 unspecified atom stereocenters. The van der Waals surface area contributed by atoms with E-state index in [1.807, 2.05) is 54.6 Å². The number of ether oxygens (including phenoxy) is 1. The van der Waals surface area contributed by atoms with Gasteiger partial charge in [-0.05, 0) is 68.0 Å². The lowest BCUT2D eigenvalue weighted by Gasteiger charge is -2.27. The Hall–Kier alpha value is -3.08. The summed E-state index contributed by atoms with van der Waals surface area (Å²) in [7, 11) is 1.64. The quantitative estimate of drug-likeness (QED) is 0.622. The largest absolute Gasteiger partial charge is 0.497 e. The van der Waals surface area contributed by atoms with Crippen LogP contribution in [0, 0.1) is 5.92 Å². The smallest absolute Gasteiger partial charge is 0.252 e. The van der Waals surface area contributed by atoms with Crippen molar-refractivity contribution in [3.05, 3.63) is 60.2 Å². The van der Waals surface area contributed by atoms with Crippen LogP contribution in [0.15, 0.2) is 54.6 Å². The van der Waals surface area contributed by atoms with Crippen LogP contribution in [-0.4, -0.2) is 24.0 Å². The molecule has 2 aromatic carbocycles. The first-order valence-corrected chi connectivity index (χ1v) is 10.2. The van der Waals surface area contributed by atoms with Crippen LogP contribution in [-0.2, 0) is 0 Å². The number of nitrogens with zero attached hydrogens (tertiary/aromatic N) is 1. The van der Waals surface area contributed by atoms with Gasteiger partial charge in [-0.25, -0.2) is 4.98 Å². The SMILES string of the molecule is COc1ccc(Nc2cc(C(=O)NC3CCC(C)CC3)c3ccccc3n2)cc1. The molecule has 1 aromatic heterocycles. The van der Waals surface area contributed by atoms with Gasteiger partial charge in [0.15, 0.2) is 0 Å². The van der Waals surface area contributed by atoms with E-state index in [9.17, 15) is 4.79 Å². The molecule has 0 radical (unpaired) electrons. The summed E-state index contributed by atoms with van der Waals surface area (Å²) in [6.45, 7) is 2.28. The molecule has 0 bridgehead atoms. The summed E-state index contributed by atoms with van der Waals surface area (Å²) < 4.78 is 5.21. The van der Waals surface area contributed by atoms with E-state index in [0.29, 0.717) is 11.4 Å². The molecule has 5 heteroatoms. The van der Waals surface area contributed by atoms with Crippen molar-refractivity contribution in [2.24, 2.45) is 5.92 Å². The summed E-state index contributed by atoms with van der Waals surface area (Å²) in [5, 5.41) is 7.42. The zero-order valence-corrected chi connectivity index (χ0v) is 16.9. The van der Waals surface area contributed by atoms with Crippen LogP contribution in [0.5, 0.6) is 5.75 Å². The fourth-order valence-corrected chi connectivity index (χ4v) is 3.92. The van der Waals surface area contributed by atoms with E-state index >= 15 is 0 Å². The van der Waals surface area contributed by atoms with Crippen LogP contribution in [0.3, 0.4) is 0 Å². The molecule has 2 N–H and O–H groups in total. The van der Waals surface area contributed by atoms with E-state index in [0.717, 1.165) is 41.1 Å². The molecule has 1 fully saturated rings. The van der Waals surface area contributed by atoms with Gasteiger partial charge in [-0.1, -0.05) is 25.1 Å². The molecule has 1 heterocycles. The number of carbonyl (C=O) groups excluding carboxylic acids is 1. The molecule has 4 rings (SSSR count). The van der Waals surface area contributed by atoms with Crippen LogP contribution < -0.4 is 15.4 Å². The third-order valence-corrected chi connectivity index (χ3v) is 5.67. The highest BCUT2D eigenvalue weighted by molar-refractivity contribution is 6.07. The molecule has 0 spiro atoms.